The van der Waals surface area contributed by atoms with Gasteiger partial charge in [0.1, 0.15) is 11.8 Å². The Hall–Kier alpha value is -3.61. The van der Waals surface area contributed by atoms with Gasteiger partial charge in [0.15, 0.2) is 5.75 Å². The van der Waals surface area contributed by atoms with Gasteiger partial charge in [0.25, 0.3) is 5.56 Å². The molecule has 0 saturated heterocycles. The second kappa shape index (κ2) is 8.26. The summed E-state index contributed by atoms with van der Waals surface area (Å²) in [6.07, 6.45) is 1.90. The van der Waals surface area contributed by atoms with Gasteiger partial charge in [-0.2, -0.15) is 9.94 Å². The number of hydrogen-bond donors (Lipinski definition) is 2. The lowest BCUT2D eigenvalue weighted by molar-refractivity contribution is -0.116. The zero-order valence-corrected chi connectivity index (χ0v) is 17.3. The van der Waals surface area contributed by atoms with Crippen LogP contribution in [0.3, 0.4) is 0 Å². The fourth-order valence-electron chi connectivity index (χ4n) is 3.15. The minimum Gasteiger partial charge on any atom is -0.454 e. The van der Waals surface area contributed by atoms with Crippen molar-refractivity contribution in [2.45, 2.75) is 19.3 Å². The lowest BCUT2D eigenvalue weighted by Gasteiger charge is -2.14. The molecule has 31 heavy (non-hydrogen) atoms. The van der Waals surface area contributed by atoms with Crippen LogP contribution in [0.1, 0.15) is 24.1 Å². The van der Waals surface area contributed by atoms with Gasteiger partial charge in [0.05, 0.1) is 15.7 Å². The summed E-state index contributed by atoms with van der Waals surface area (Å²) in [7, 11) is 0. The molecule has 1 aliphatic rings. The van der Waals surface area contributed by atoms with E-state index in [2.05, 4.69) is 10.4 Å². The fourth-order valence-corrected chi connectivity index (χ4v) is 3.70. The summed E-state index contributed by atoms with van der Waals surface area (Å²) >= 11 is 12.7. The molecule has 1 aliphatic heterocycles. The first-order valence-corrected chi connectivity index (χ1v) is 9.85. The minimum atomic E-state index is -0.889. The Bertz CT molecular complexity index is 1350. The molecule has 2 heterocycles. The van der Waals surface area contributed by atoms with Crippen molar-refractivity contribution in [1.82, 2.24) is 14.8 Å². The number of nitrogens with zero attached hydrogens (tertiary/aromatic N) is 3. The van der Waals surface area contributed by atoms with Gasteiger partial charge in [-0.25, -0.2) is 4.79 Å². The predicted molar refractivity (Wildman–Crippen MR) is 113 cm³/mol. The van der Waals surface area contributed by atoms with Crippen LogP contribution < -0.4 is 21.3 Å². The van der Waals surface area contributed by atoms with Crippen LogP contribution in [-0.2, 0) is 11.2 Å². The number of amides is 1. The van der Waals surface area contributed by atoms with Crippen LogP contribution >= 0.6 is 23.2 Å². The highest BCUT2D eigenvalue weighted by Gasteiger charge is 2.17. The van der Waals surface area contributed by atoms with Gasteiger partial charge in [0.2, 0.25) is 11.6 Å². The van der Waals surface area contributed by atoms with Crippen molar-refractivity contribution >= 4 is 34.8 Å². The second-order valence-corrected chi connectivity index (χ2v) is 7.51. The first kappa shape index (κ1) is 20.7. The number of carbonyl (C=O) groups is 1. The molecule has 2 aromatic carbocycles. The highest BCUT2D eigenvalue weighted by Crippen LogP contribution is 2.39. The molecule has 9 nitrogen and oxygen atoms in total. The lowest BCUT2D eigenvalue weighted by atomic mass is 10.1. The third-order valence-corrected chi connectivity index (χ3v) is 5.14. The lowest BCUT2D eigenvalue weighted by Crippen LogP contribution is -2.33. The number of benzene rings is 2. The van der Waals surface area contributed by atoms with Gasteiger partial charge in [0, 0.05) is 12.1 Å². The Labute approximate surface area is 184 Å². The number of anilines is 1. The SMILES string of the molecule is N#Cc1nn(-c2cc(Cl)c(Oc3ccc4c(c3)CCCC(=O)N4)c(Cl)c2)c(=O)[nH]c1=O. The van der Waals surface area contributed by atoms with Crippen LogP contribution in [0.2, 0.25) is 10.0 Å². The molecule has 3 aromatic rings. The first-order chi connectivity index (χ1) is 14.9. The molecule has 0 fully saturated rings. The van der Waals surface area contributed by atoms with Crippen molar-refractivity contribution < 1.29 is 9.53 Å². The van der Waals surface area contributed by atoms with E-state index in [9.17, 15) is 14.4 Å². The maximum atomic E-state index is 12.1. The zero-order valence-electron chi connectivity index (χ0n) is 15.7. The van der Waals surface area contributed by atoms with E-state index in [1.54, 1.807) is 24.3 Å². The van der Waals surface area contributed by atoms with Crippen molar-refractivity contribution in [1.29, 1.82) is 5.26 Å². The molecule has 1 amide bonds. The number of fused-ring (bicyclic) bond motifs is 1. The predicted octanol–water partition coefficient (Wildman–Crippen LogP) is 3.17. The molecule has 0 unspecified atom stereocenters. The highest BCUT2D eigenvalue weighted by atomic mass is 35.5. The first-order valence-electron chi connectivity index (χ1n) is 9.09. The Morgan fingerprint density at radius 3 is 2.55 bits per heavy atom. The quantitative estimate of drug-likeness (QED) is 0.620. The Kier molecular flexibility index (Phi) is 5.50. The summed E-state index contributed by atoms with van der Waals surface area (Å²) in [6, 6.07) is 9.58. The zero-order chi connectivity index (χ0) is 22.1. The molecule has 0 radical (unpaired) electrons. The Morgan fingerprint density at radius 2 is 1.84 bits per heavy atom. The van der Waals surface area contributed by atoms with Gasteiger partial charge in [-0.05, 0) is 48.7 Å². The molecule has 11 heteroatoms. The monoisotopic (exact) mass is 457 g/mol. The summed E-state index contributed by atoms with van der Waals surface area (Å²) in [5.74, 6) is 0.597. The number of hydrogen-bond acceptors (Lipinski definition) is 6. The molecule has 2 N–H and O–H groups in total. The largest absolute Gasteiger partial charge is 0.454 e. The smallest absolute Gasteiger partial charge is 0.349 e. The topological polar surface area (TPSA) is 130 Å². The van der Waals surface area contributed by atoms with E-state index in [1.165, 1.54) is 12.1 Å². The fraction of sp³-hybridized carbons (Fsp3) is 0.150. The van der Waals surface area contributed by atoms with Crippen molar-refractivity contribution in [3.05, 3.63) is 72.5 Å². The van der Waals surface area contributed by atoms with E-state index < -0.39 is 16.9 Å². The number of carbonyl (C=O) groups excluding carboxylic acids is 1. The maximum Gasteiger partial charge on any atom is 0.349 e. The van der Waals surface area contributed by atoms with Crippen LogP contribution in [0, 0.1) is 11.3 Å². The van der Waals surface area contributed by atoms with Gasteiger partial charge in [-0.1, -0.05) is 23.2 Å². The number of aryl methyl sites for hydroxylation is 1. The van der Waals surface area contributed by atoms with Gasteiger partial charge >= 0.3 is 5.69 Å². The number of H-pyrrole nitrogens is 1. The van der Waals surface area contributed by atoms with Crippen LogP contribution in [0.15, 0.2) is 39.9 Å². The van der Waals surface area contributed by atoms with Gasteiger partial charge in [-0.15, -0.1) is 5.10 Å². The third kappa shape index (κ3) is 4.17. The third-order valence-electron chi connectivity index (χ3n) is 4.58. The van der Waals surface area contributed by atoms with E-state index in [1.807, 2.05) is 4.98 Å². The van der Waals surface area contributed by atoms with Crippen molar-refractivity contribution in [3.63, 3.8) is 0 Å². The molecule has 1 aromatic heterocycles. The number of nitriles is 1. The van der Waals surface area contributed by atoms with Crippen molar-refractivity contribution in [2.24, 2.45) is 0 Å². The summed E-state index contributed by atoms with van der Waals surface area (Å²) in [5, 5.41) is 15.7. The number of aromatic nitrogens is 3. The van der Waals surface area contributed by atoms with Gasteiger partial charge in [-0.3, -0.25) is 14.6 Å². The summed E-state index contributed by atoms with van der Waals surface area (Å²) < 4.78 is 6.68. The second-order valence-electron chi connectivity index (χ2n) is 6.69. The molecule has 0 aliphatic carbocycles. The van der Waals surface area contributed by atoms with Gasteiger partial charge < -0.3 is 10.1 Å². The van der Waals surface area contributed by atoms with Crippen molar-refractivity contribution in [2.75, 3.05) is 5.32 Å². The molecule has 156 valence electrons. The van der Waals surface area contributed by atoms with Crippen molar-refractivity contribution in [3.8, 4) is 23.3 Å². The standard InChI is InChI=1S/C20H13Cl2N5O4/c21-13-7-11(27-20(30)25-19(29)16(9-23)26-27)8-14(22)18(13)31-12-4-5-15-10(6-12)2-1-3-17(28)24-15/h4-8H,1-3H2,(H,24,28)(H,25,29,30). The molecule has 4 rings (SSSR count). The highest BCUT2D eigenvalue weighted by molar-refractivity contribution is 6.37. The molecular formula is C20H13Cl2N5O4. The summed E-state index contributed by atoms with van der Waals surface area (Å²) in [6.45, 7) is 0. The minimum absolute atomic E-state index is 0.0280. The Balaban J connectivity index is 1.69. The molecule has 0 atom stereocenters. The molecule has 0 spiro atoms. The number of ether oxygens (including phenoxy) is 1. The normalized spacial score (nSPS) is 13.0. The van der Waals surface area contributed by atoms with E-state index >= 15 is 0 Å². The number of rotatable bonds is 3. The number of nitrogens with one attached hydrogen (secondary N) is 2. The average Bonchev–Trinajstić information content (AvgIpc) is 2.91. The number of halogens is 2. The summed E-state index contributed by atoms with van der Waals surface area (Å²) in [5.41, 5.74) is -0.411. The number of aromatic amines is 1. The van der Waals surface area contributed by atoms with Crippen LogP contribution in [0.4, 0.5) is 5.69 Å². The maximum absolute atomic E-state index is 12.1. The summed E-state index contributed by atoms with van der Waals surface area (Å²) in [4.78, 5) is 37.3. The molecular weight excluding hydrogens is 445 g/mol. The Morgan fingerprint density at radius 1 is 1.10 bits per heavy atom. The molecule has 0 bridgehead atoms. The average molecular weight is 458 g/mol. The van der Waals surface area contributed by atoms with E-state index in [0.717, 1.165) is 22.4 Å². The van der Waals surface area contributed by atoms with E-state index in [0.29, 0.717) is 18.6 Å². The van der Waals surface area contributed by atoms with Crippen LogP contribution in [0.25, 0.3) is 5.69 Å². The van der Waals surface area contributed by atoms with E-state index in [-0.39, 0.29) is 27.4 Å². The molecule has 0 saturated carbocycles. The van der Waals surface area contributed by atoms with E-state index in [4.69, 9.17) is 33.2 Å². The van der Waals surface area contributed by atoms with Crippen LogP contribution in [-0.4, -0.2) is 20.7 Å². The van der Waals surface area contributed by atoms with Crippen LogP contribution in [0.5, 0.6) is 11.5 Å².